The number of hydrogen-bond donors (Lipinski definition) is 1. The van der Waals surface area contributed by atoms with E-state index in [9.17, 15) is 14.3 Å². The van der Waals surface area contributed by atoms with Gasteiger partial charge in [-0.2, -0.15) is 0 Å². The van der Waals surface area contributed by atoms with Gasteiger partial charge in [0.1, 0.15) is 35.3 Å². The number of hydrogen-bond acceptors (Lipinski definition) is 5. The number of benzene rings is 1. The molecule has 2 aromatic rings. The number of carbonyl (C=O) groups is 1. The van der Waals surface area contributed by atoms with E-state index < -0.39 is 17.5 Å². The minimum atomic E-state index is -1.26. The number of halogens is 1. The molecule has 1 fully saturated rings. The summed E-state index contributed by atoms with van der Waals surface area (Å²) < 4.78 is 19.0. The van der Waals surface area contributed by atoms with Crippen LogP contribution in [-0.2, 0) is 0 Å². The zero-order valence-electron chi connectivity index (χ0n) is 13.2. The third kappa shape index (κ3) is 3.51. The lowest BCUT2D eigenvalue weighted by atomic mass is 9.91. The molecule has 1 aliphatic rings. The molecule has 126 valence electrons. The lowest BCUT2D eigenvalue weighted by Gasteiger charge is -2.42. The molecule has 7 heteroatoms. The predicted molar refractivity (Wildman–Crippen MR) is 84.0 cm³/mol. The summed E-state index contributed by atoms with van der Waals surface area (Å²) in [6, 6.07) is 7.32. The maximum atomic E-state index is 13.3. The van der Waals surface area contributed by atoms with Crippen molar-refractivity contribution >= 4 is 5.91 Å². The number of rotatable bonds is 3. The molecule has 0 saturated carbocycles. The van der Waals surface area contributed by atoms with Gasteiger partial charge in [-0.1, -0.05) is 6.07 Å². The molecule has 3 rings (SSSR count). The lowest BCUT2D eigenvalue weighted by molar-refractivity contribution is -0.0900. The molecule has 1 saturated heterocycles. The Labute approximate surface area is 138 Å². The topological polar surface area (TPSA) is 75.5 Å². The van der Waals surface area contributed by atoms with Crippen molar-refractivity contribution in [3.8, 4) is 5.75 Å². The maximum Gasteiger partial charge on any atom is 0.272 e. The van der Waals surface area contributed by atoms with Crippen molar-refractivity contribution in [1.29, 1.82) is 0 Å². The monoisotopic (exact) mass is 331 g/mol. The number of β-amino-alcohol motifs (C(OH)–C–C–N with tert-alkyl or cyclic N) is 1. The van der Waals surface area contributed by atoms with Crippen LogP contribution < -0.4 is 4.74 Å². The highest BCUT2D eigenvalue weighted by Gasteiger charge is 2.41. The smallest absolute Gasteiger partial charge is 0.272 e. The summed E-state index contributed by atoms with van der Waals surface area (Å²) in [4.78, 5) is 21.7. The lowest BCUT2D eigenvalue weighted by Crippen LogP contribution is -2.58. The van der Waals surface area contributed by atoms with Gasteiger partial charge in [0.2, 0.25) is 0 Å². The number of amides is 1. The van der Waals surface area contributed by atoms with E-state index in [4.69, 9.17) is 4.74 Å². The van der Waals surface area contributed by atoms with E-state index in [1.165, 1.54) is 35.6 Å². The standard InChI is InChI=1S/C17H18FN3O3/c1-17(23)10-21(16(22)14-5-7-19-11-20-14)8-6-15(17)24-13-4-2-3-12(18)9-13/h2-5,7,9,11,15,23H,6,8,10H2,1H3/t15-,17-/m0/s1. The molecule has 6 nitrogen and oxygen atoms in total. The van der Waals surface area contributed by atoms with Crippen molar-refractivity contribution in [3.05, 3.63) is 54.4 Å². The van der Waals surface area contributed by atoms with E-state index >= 15 is 0 Å². The van der Waals surface area contributed by atoms with Gasteiger partial charge in [0, 0.05) is 25.2 Å². The molecule has 0 bridgehead atoms. The molecule has 1 amide bonds. The molecule has 0 radical (unpaired) electrons. The van der Waals surface area contributed by atoms with Crippen LogP contribution in [0.5, 0.6) is 5.75 Å². The van der Waals surface area contributed by atoms with Crippen LogP contribution in [0.15, 0.2) is 42.9 Å². The van der Waals surface area contributed by atoms with Gasteiger partial charge in [0.05, 0.1) is 6.54 Å². The summed E-state index contributed by atoms with van der Waals surface area (Å²) in [5.41, 5.74) is -0.974. The summed E-state index contributed by atoms with van der Waals surface area (Å²) >= 11 is 0. The molecule has 2 atom stereocenters. The van der Waals surface area contributed by atoms with Gasteiger partial charge in [0.15, 0.2) is 0 Å². The average molecular weight is 331 g/mol. The Balaban J connectivity index is 1.69. The summed E-state index contributed by atoms with van der Waals surface area (Å²) in [5.74, 6) is -0.304. The van der Waals surface area contributed by atoms with Crippen molar-refractivity contribution in [2.45, 2.75) is 25.0 Å². The molecule has 1 aromatic carbocycles. The Morgan fingerprint density at radius 2 is 2.29 bits per heavy atom. The van der Waals surface area contributed by atoms with Gasteiger partial charge < -0.3 is 14.7 Å². The van der Waals surface area contributed by atoms with Crippen LogP contribution in [0.2, 0.25) is 0 Å². The summed E-state index contributed by atoms with van der Waals surface area (Å²) in [5, 5.41) is 10.7. The minimum absolute atomic E-state index is 0.107. The third-order valence-electron chi connectivity index (χ3n) is 4.03. The molecule has 1 N–H and O–H groups in total. The summed E-state index contributed by atoms with van der Waals surface area (Å²) in [6.45, 7) is 2.13. The van der Waals surface area contributed by atoms with Crippen molar-refractivity contribution < 1.29 is 19.0 Å². The van der Waals surface area contributed by atoms with Gasteiger partial charge in [-0.05, 0) is 25.1 Å². The molecular formula is C17H18FN3O3. The van der Waals surface area contributed by atoms with E-state index in [0.29, 0.717) is 18.7 Å². The highest BCUT2D eigenvalue weighted by molar-refractivity contribution is 5.92. The SMILES string of the molecule is C[C@]1(O)CN(C(=O)c2ccncn2)CC[C@@H]1Oc1cccc(F)c1. The first kappa shape index (κ1) is 16.3. The first-order valence-electron chi connectivity index (χ1n) is 7.65. The van der Waals surface area contributed by atoms with E-state index in [1.807, 2.05) is 0 Å². The van der Waals surface area contributed by atoms with Gasteiger partial charge in [0.25, 0.3) is 5.91 Å². The van der Waals surface area contributed by atoms with Crippen LogP contribution in [0.3, 0.4) is 0 Å². The molecule has 0 aliphatic carbocycles. The van der Waals surface area contributed by atoms with Crippen molar-refractivity contribution in [1.82, 2.24) is 14.9 Å². The van der Waals surface area contributed by atoms with E-state index in [-0.39, 0.29) is 18.1 Å². The highest BCUT2D eigenvalue weighted by Crippen LogP contribution is 2.27. The van der Waals surface area contributed by atoms with Gasteiger partial charge in [-0.25, -0.2) is 14.4 Å². The first-order chi connectivity index (χ1) is 11.5. The number of aliphatic hydroxyl groups is 1. The fourth-order valence-corrected chi connectivity index (χ4v) is 2.79. The third-order valence-corrected chi connectivity index (χ3v) is 4.03. The van der Waals surface area contributed by atoms with E-state index in [2.05, 4.69) is 9.97 Å². The largest absolute Gasteiger partial charge is 0.487 e. The molecule has 24 heavy (non-hydrogen) atoms. The normalized spacial score (nSPS) is 23.8. The second kappa shape index (κ2) is 6.52. The summed E-state index contributed by atoms with van der Waals surface area (Å²) in [6.07, 6.45) is 2.71. The Kier molecular flexibility index (Phi) is 4.44. The Morgan fingerprint density at radius 3 is 2.96 bits per heavy atom. The van der Waals surface area contributed by atoms with Crippen molar-refractivity contribution in [2.24, 2.45) is 0 Å². The first-order valence-corrected chi connectivity index (χ1v) is 7.65. The zero-order valence-corrected chi connectivity index (χ0v) is 13.2. The van der Waals surface area contributed by atoms with Crippen molar-refractivity contribution in [2.75, 3.05) is 13.1 Å². The molecular weight excluding hydrogens is 313 g/mol. The maximum absolute atomic E-state index is 13.3. The second-order valence-corrected chi connectivity index (χ2v) is 6.03. The quantitative estimate of drug-likeness (QED) is 0.926. The minimum Gasteiger partial charge on any atom is -0.487 e. The number of likely N-dealkylation sites (tertiary alicyclic amines) is 1. The van der Waals surface area contributed by atoms with Gasteiger partial charge in [-0.15, -0.1) is 0 Å². The van der Waals surface area contributed by atoms with Crippen LogP contribution in [0.25, 0.3) is 0 Å². The fourth-order valence-electron chi connectivity index (χ4n) is 2.79. The number of carbonyl (C=O) groups excluding carboxylic acids is 1. The Bertz CT molecular complexity index is 724. The van der Waals surface area contributed by atoms with Crippen molar-refractivity contribution in [3.63, 3.8) is 0 Å². The number of nitrogens with zero attached hydrogens (tertiary/aromatic N) is 3. The van der Waals surface area contributed by atoms with Crippen LogP contribution in [0, 0.1) is 5.82 Å². The highest BCUT2D eigenvalue weighted by atomic mass is 19.1. The molecule has 1 aromatic heterocycles. The van der Waals surface area contributed by atoms with Crippen LogP contribution in [0.1, 0.15) is 23.8 Å². The van der Waals surface area contributed by atoms with Crippen LogP contribution >= 0.6 is 0 Å². The molecule has 2 heterocycles. The number of ether oxygens (including phenoxy) is 1. The second-order valence-electron chi connectivity index (χ2n) is 6.03. The van der Waals surface area contributed by atoms with Gasteiger partial charge >= 0.3 is 0 Å². The Morgan fingerprint density at radius 1 is 1.46 bits per heavy atom. The van der Waals surface area contributed by atoms with E-state index in [1.54, 1.807) is 19.1 Å². The molecule has 0 spiro atoms. The predicted octanol–water partition coefficient (Wildman–Crippen LogP) is 1.66. The van der Waals surface area contributed by atoms with E-state index in [0.717, 1.165) is 0 Å². The fraction of sp³-hybridized carbons (Fsp3) is 0.353. The molecule has 1 aliphatic heterocycles. The number of aromatic nitrogens is 2. The molecule has 0 unspecified atom stereocenters. The Hall–Kier alpha value is -2.54. The van der Waals surface area contributed by atoms with Crippen LogP contribution in [0.4, 0.5) is 4.39 Å². The average Bonchev–Trinajstić information content (AvgIpc) is 2.56. The number of piperidine rings is 1. The van der Waals surface area contributed by atoms with Crippen LogP contribution in [-0.4, -0.2) is 50.7 Å². The van der Waals surface area contributed by atoms with Gasteiger partial charge in [-0.3, -0.25) is 4.79 Å². The zero-order chi connectivity index (χ0) is 17.2. The summed E-state index contributed by atoms with van der Waals surface area (Å²) in [7, 11) is 0.